The molecule has 0 unspecified atom stereocenters. The van der Waals surface area contributed by atoms with Crippen molar-refractivity contribution in [3.8, 4) is 39.1 Å². The van der Waals surface area contributed by atoms with E-state index in [4.69, 9.17) is 0 Å². The lowest BCUT2D eigenvalue weighted by Crippen LogP contribution is -1.94. The van der Waals surface area contributed by atoms with Crippen LogP contribution in [0.3, 0.4) is 0 Å². The second-order valence-electron chi connectivity index (χ2n) is 12.9. The minimum atomic E-state index is 1.18. The number of hydrogen-bond donors (Lipinski definition) is 0. The van der Waals surface area contributed by atoms with Gasteiger partial charge in [0, 0.05) is 16.5 Å². The Kier molecular flexibility index (Phi) is 6.25. The third-order valence-corrected chi connectivity index (χ3v) is 10.1. The Hall–Kier alpha value is -6.44. The minimum absolute atomic E-state index is 1.18. The summed E-state index contributed by atoms with van der Waals surface area (Å²) in [7, 11) is 0. The van der Waals surface area contributed by atoms with Crippen LogP contribution in [-0.2, 0) is 0 Å². The first-order valence-corrected chi connectivity index (χ1v) is 16.9. The van der Waals surface area contributed by atoms with Crippen molar-refractivity contribution in [2.24, 2.45) is 0 Å². The zero-order valence-electron chi connectivity index (χ0n) is 26.8. The number of rotatable bonds is 4. The molecule has 0 bridgehead atoms. The maximum Gasteiger partial charge on any atom is 0.0541 e. The number of para-hydroxylation sites is 1. The third-order valence-electron chi connectivity index (χ3n) is 10.1. The SMILES string of the molecule is c1ccc(-c2c3ccccc3c(-c3ccccc3)c3cc(-c4ccc5c(c4)c4ccccc4n5-c4ccc5ccccc5c4)ccc23)cc1. The van der Waals surface area contributed by atoms with E-state index in [2.05, 4.69) is 193 Å². The Labute approximate surface area is 284 Å². The highest BCUT2D eigenvalue weighted by molar-refractivity contribution is 6.22. The van der Waals surface area contributed by atoms with E-state index < -0.39 is 0 Å². The molecule has 0 spiro atoms. The van der Waals surface area contributed by atoms with Crippen LogP contribution >= 0.6 is 0 Å². The summed E-state index contributed by atoms with van der Waals surface area (Å²) in [6, 6.07) is 68.8. The Bertz CT molecular complexity index is 2860. The zero-order valence-corrected chi connectivity index (χ0v) is 26.8. The number of fused-ring (bicyclic) bond motifs is 6. The van der Waals surface area contributed by atoms with Gasteiger partial charge in [0.1, 0.15) is 0 Å². The van der Waals surface area contributed by atoms with Gasteiger partial charge < -0.3 is 4.57 Å². The van der Waals surface area contributed by atoms with Crippen LogP contribution in [0.4, 0.5) is 0 Å². The summed E-state index contributed by atoms with van der Waals surface area (Å²) in [6.45, 7) is 0. The van der Waals surface area contributed by atoms with E-state index in [1.165, 1.54) is 93.2 Å². The summed E-state index contributed by atoms with van der Waals surface area (Å²) < 4.78 is 2.41. The van der Waals surface area contributed by atoms with Crippen LogP contribution in [0.15, 0.2) is 188 Å². The fourth-order valence-electron chi connectivity index (χ4n) is 7.94. The van der Waals surface area contributed by atoms with Crippen LogP contribution in [0.1, 0.15) is 0 Å². The number of nitrogens with zero attached hydrogens (tertiary/aromatic N) is 1. The van der Waals surface area contributed by atoms with Gasteiger partial charge in [0.05, 0.1) is 11.0 Å². The van der Waals surface area contributed by atoms with Crippen molar-refractivity contribution in [3.05, 3.63) is 188 Å². The van der Waals surface area contributed by atoms with Crippen LogP contribution in [0.2, 0.25) is 0 Å². The highest BCUT2D eigenvalue weighted by Crippen LogP contribution is 2.45. The Morgan fingerprint density at radius 2 is 0.776 bits per heavy atom. The van der Waals surface area contributed by atoms with Gasteiger partial charge in [-0.15, -0.1) is 0 Å². The Morgan fingerprint density at radius 1 is 0.265 bits per heavy atom. The van der Waals surface area contributed by atoms with Crippen molar-refractivity contribution in [1.29, 1.82) is 0 Å². The third kappa shape index (κ3) is 4.40. The molecule has 1 aromatic heterocycles. The second kappa shape index (κ2) is 11.1. The monoisotopic (exact) mass is 621 g/mol. The largest absolute Gasteiger partial charge is 0.309 e. The minimum Gasteiger partial charge on any atom is -0.309 e. The van der Waals surface area contributed by atoms with Crippen LogP contribution in [0.25, 0.3) is 93.2 Å². The van der Waals surface area contributed by atoms with Crippen LogP contribution in [-0.4, -0.2) is 4.57 Å². The summed E-state index contributed by atoms with van der Waals surface area (Å²) in [5.41, 5.74) is 11.1. The number of hydrogen-bond acceptors (Lipinski definition) is 0. The second-order valence-corrected chi connectivity index (χ2v) is 12.9. The van der Waals surface area contributed by atoms with Gasteiger partial charge in [-0.05, 0) is 102 Å². The molecule has 228 valence electrons. The fraction of sp³-hybridized carbons (Fsp3) is 0. The van der Waals surface area contributed by atoms with E-state index in [0.29, 0.717) is 0 Å². The molecule has 0 saturated heterocycles. The van der Waals surface area contributed by atoms with Crippen LogP contribution in [0, 0.1) is 0 Å². The van der Waals surface area contributed by atoms with Gasteiger partial charge in [0.25, 0.3) is 0 Å². The van der Waals surface area contributed by atoms with E-state index in [-0.39, 0.29) is 0 Å². The highest BCUT2D eigenvalue weighted by atomic mass is 15.0. The van der Waals surface area contributed by atoms with Gasteiger partial charge in [-0.2, -0.15) is 0 Å². The van der Waals surface area contributed by atoms with Crippen LogP contribution in [0.5, 0.6) is 0 Å². The molecule has 0 atom stereocenters. The van der Waals surface area contributed by atoms with Gasteiger partial charge >= 0.3 is 0 Å². The summed E-state index contributed by atoms with van der Waals surface area (Å²) in [6.07, 6.45) is 0. The average molecular weight is 622 g/mol. The Morgan fingerprint density at radius 3 is 1.49 bits per heavy atom. The molecule has 0 amide bonds. The lowest BCUT2D eigenvalue weighted by molar-refractivity contribution is 1.19. The molecule has 0 aliphatic rings. The molecule has 1 heteroatoms. The molecule has 0 radical (unpaired) electrons. The van der Waals surface area contributed by atoms with Gasteiger partial charge in [-0.1, -0.05) is 152 Å². The van der Waals surface area contributed by atoms with E-state index in [1.54, 1.807) is 0 Å². The molecule has 1 heterocycles. The molecular formula is C48H31N. The predicted octanol–water partition coefficient (Wildman–Crippen LogP) is 13.2. The molecule has 0 aliphatic heterocycles. The van der Waals surface area contributed by atoms with Crippen LogP contribution < -0.4 is 0 Å². The van der Waals surface area contributed by atoms with Gasteiger partial charge in [-0.25, -0.2) is 0 Å². The fourth-order valence-corrected chi connectivity index (χ4v) is 7.94. The molecule has 0 aliphatic carbocycles. The molecule has 9 aromatic carbocycles. The van der Waals surface area contributed by atoms with E-state index in [0.717, 1.165) is 0 Å². The normalized spacial score (nSPS) is 11.7. The lowest BCUT2D eigenvalue weighted by atomic mass is 9.85. The molecule has 0 saturated carbocycles. The molecule has 1 nitrogen and oxygen atoms in total. The van der Waals surface area contributed by atoms with Crippen molar-refractivity contribution in [2.75, 3.05) is 0 Å². The first-order valence-electron chi connectivity index (χ1n) is 16.9. The van der Waals surface area contributed by atoms with Crippen molar-refractivity contribution in [3.63, 3.8) is 0 Å². The van der Waals surface area contributed by atoms with E-state index >= 15 is 0 Å². The summed E-state index contributed by atoms with van der Waals surface area (Å²) in [5.74, 6) is 0. The van der Waals surface area contributed by atoms with Gasteiger partial charge in [0.2, 0.25) is 0 Å². The molecule has 0 N–H and O–H groups in total. The molecule has 10 aromatic rings. The standard InChI is InChI=1S/C48H31N/c1-3-14-33(15-4-1)47-40-20-9-10-21-41(40)48(34-16-5-2-6-17-34)44-31-36(24-27-42(44)47)37-25-28-46-43(30-37)39-19-11-12-22-45(39)49(46)38-26-23-32-13-7-8-18-35(32)29-38/h1-31H. The summed E-state index contributed by atoms with van der Waals surface area (Å²) in [4.78, 5) is 0. The van der Waals surface area contributed by atoms with Crippen molar-refractivity contribution in [2.45, 2.75) is 0 Å². The molecule has 0 fully saturated rings. The first kappa shape index (κ1) is 27.7. The molecular weight excluding hydrogens is 591 g/mol. The zero-order chi connectivity index (χ0) is 32.3. The number of benzene rings is 9. The smallest absolute Gasteiger partial charge is 0.0541 e. The summed E-state index contributed by atoms with van der Waals surface area (Å²) >= 11 is 0. The summed E-state index contributed by atoms with van der Waals surface area (Å²) in [5, 5.41) is 10.1. The highest BCUT2D eigenvalue weighted by Gasteiger charge is 2.18. The van der Waals surface area contributed by atoms with Crippen molar-refractivity contribution < 1.29 is 0 Å². The molecule has 10 rings (SSSR count). The average Bonchev–Trinajstić information content (AvgIpc) is 3.51. The maximum atomic E-state index is 2.42. The predicted molar refractivity (Wildman–Crippen MR) is 210 cm³/mol. The first-order chi connectivity index (χ1) is 24.3. The quantitative estimate of drug-likeness (QED) is 0.172. The number of aromatic nitrogens is 1. The van der Waals surface area contributed by atoms with Gasteiger partial charge in [0.15, 0.2) is 0 Å². The van der Waals surface area contributed by atoms with Crippen molar-refractivity contribution in [1.82, 2.24) is 4.57 Å². The van der Waals surface area contributed by atoms with Crippen molar-refractivity contribution >= 4 is 54.1 Å². The Balaban J connectivity index is 1.23. The maximum absolute atomic E-state index is 2.42. The lowest BCUT2D eigenvalue weighted by Gasteiger charge is -2.18. The topological polar surface area (TPSA) is 4.93 Å². The van der Waals surface area contributed by atoms with Gasteiger partial charge in [-0.3, -0.25) is 0 Å². The van der Waals surface area contributed by atoms with E-state index in [9.17, 15) is 0 Å². The molecule has 49 heavy (non-hydrogen) atoms. The van der Waals surface area contributed by atoms with E-state index in [1.807, 2.05) is 0 Å².